The fourth-order valence-corrected chi connectivity index (χ4v) is 5.30. The van der Waals surface area contributed by atoms with Crippen molar-refractivity contribution in [2.24, 2.45) is 0 Å². The monoisotopic (exact) mass is 313 g/mol. The third-order valence-electron chi connectivity index (χ3n) is 3.17. The second-order valence-corrected chi connectivity index (χ2v) is 7.63. The number of alkyl halides is 1. The predicted molar refractivity (Wildman–Crippen MR) is 78.6 cm³/mol. The summed E-state index contributed by atoms with van der Waals surface area (Å²) >= 11 is 6.96. The fraction of sp³-hybridized carbons (Fsp3) is 0.231. The van der Waals surface area contributed by atoms with Gasteiger partial charge in [-0.1, -0.05) is 18.2 Å². The molecule has 0 aliphatic carbocycles. The van der Waals surface area contributed by atoms with Gasteiger partial charge in [-0.3, -0.25) is 4.31 Å². The molecule has 1 aliphatic rings. The number of sulfonamides is 1. The van der Waals surface area contributed by atoms with Gasteiger partial charge in [0.25, 0.3) is 10.0 Å². The number of hydrogen-bond donors (Lipinski definition) is 0. The Morgan fingerprint density at radius 1 is 1.32 bits per heavy atom. The van der Waals surface area contributed by atoms with Crippen LogP contribution in [-0.4, -0.2) is 15.0 Å². The molecule has 0 saturated heterocycles. The molecule has 0 radical (unpaired) electrons. The fourth-order valence-electron chi connectivity index (χ4n) is 2.22. The van der Waals surface area contributed by atoms with E-state index in [-0.39, 0.29) is 0 Å². The number of halogens is 1. The predicted octanol–water partition coefficient (Wildman–Crippen LogP) is 3.24. The minimum Gasteiger partial charge on any atom is -0.265 e. The van der Waals surface area contributed by atoms with Gasteiger partial charge in [0.1, 0.15) is 4.21 Å². The molecule has 2 aromatic rings. The minimum atomic E-state index is -3.45. The molecule has 0 N–H and O–H groups in total. The normalized spacial score (nSPS) is 14.7. The number of anilines is 1. The molecule has 1 aromatic heterocycles. The average molecular weight is 314 g/mol. The Morgan fingerprint density at radius 3 is 2.84 bits per heavy atom. The Labute approximate surface area is 121 Å². The van der Waals surface area contributed by atoms with Crippen LogP contribution in [0.2, 0.25) is 0 Å². The largest absolute Gasteiger partial charge is 0.273 e. The number of rotatable bonds is 3. The number of nitrogens with zero attached hydrogens (tertiary/aromatic N) is 1. The molecular formula is C13H12ClNO2S2. The summed E-state index contributed by atoms with van der Waals surface area (Å²) in [6.07, 6.45) is 0.767. The van der Waals surface area contributed by atoms with Gasteiger partial charge in [0.15, 0.2) is 0 Å². The lowest BCUT2D eigenvalue weighted by Gasteiger charge is -2.18. The second kappa shape index (κ2) is 4.81. The molecule has 19 heavy (non-hydrogen) atoms. The van der Waals surface area contributed by atoms with Gasteiger partial charge in [0.05, 0.1) is 5.69 Å². The van der Waals surface area contributed by atoms with Gasteiger partial charge in [-0.05, 0) is 35.1 Å². The lowest BCUT2D eigenvalue weighted by Crippen LogP contribution is -2.28. The minimum absolute atomic E-state index is 0.336. The summed E-state index contributed by atoms with van der Waals surface area (Å²) in [6.45, 7) is 0.510. The molecule has 3 rings (SSSR count). The number of hydrogen-bond acceptors (Lipinski definition) is 3. The first kappa shape index (κ1) is 13.0. The lowest BCUT2D eigenvalue weighted by molar-refractivity contribution is 0.594. The second-order valence-electron chi connectivity index (χ2n) is 4.36. The standard InChI is InChI=1S/C13H12ClNO2S2/c14-8-10-7-13(18-9-10)19(16,17)15-6-5-11-3-1-2-4-12(11)15/h1-4,7,9H,5-6,8H2. The van der Waals surface area contributed by atoms with Crippen LogP contribution in [0.15, 0.2) is 39.9 Å². The topological polar surface area (TPSA) is 37.4 Å². The molecule has 0 atom stereocenters. The first-order chi connectivity index (χ1) is 9.13. The van der Waals surface area contributed by atoms with E-state index in [1.54, 1.807) is 11.4 Å². The lowest BCUT2D eigenvalue weighted by atomic mass is 10.2. The zero-order chi connectivity index (χ0) is 13.5. The Morgan fingerprint density at radius 2 is 2.11 bits per heavy atom. The quantitative estimate of drug-likeness (QED) is 0.816. The van der Waals surface area contributed by atoms with Crippen molar-refractivity contribution in [1.82, 2.24) is 0 Å². The van der Waals surface area contributed by atoms with E-state index in [1.807, 2.05) is 24.3 Å². The smallest absolute Gasteiger partial charge is 0.265 e. The maximum absolute atomic E-state index is 12.6. The van der Waals surface area contributed by atoms with Gasteiger partial charge in [0, 0.05) is 12.4 Å². The van der Waals surface area contributed by atoms with Gasteiger partial charge in [-0.15, -0.1) is 22.9 Å². The summed E-state index contributed by atoms with van der Waals surface area (Å²) in [6, 6.07) is 9.30. The van der Waals surface area contributed by atoms with Gasteiger partial charge < -0.3 is 0 Å². The first-order valence-corrected chi connectivity index (χ1v) is 8.72. The summed E-state index contributed by atoms with van der Waals surface area (Å²) in [5.41, 5.74) is 2.72. The van der Waals surface area contributed by atoms with Gasteiger partial charge in [0.2, 0.25) is 0 Å². The maximum Gasteiger partial charge on any atom is 0.273 e. The molecular weight excluding hydrogens is 302 g/mol. The number of thiophene rings is 1. The molecule has 1 aliphatic heterocycles. The Balaban J connectivity index is 2.03. The van der Waals surface area contributed by atoms with E-state index in [0.717, 1.165) is 23.2 Å². The van der Waals surface area contributed by atoms with E-state index in [0.29, 0.717) is 16.6 Å². The Hall–Kier alpha value is -1.04. The number of fused-ring (bicyclic) bond motifs is 1. The van der Waals surface area contributed by atoms with Crippen LogP contribution in [-0.2, 0) is 22.3 Å². The third-order valence-corrected chi connectivity index (χ3v) is 6.76. The maximum atomic E-state index is 12.6. The Bertz CT molecular complexity index is 709. The van der Waals surface area contributed by atoms with Crippen molar-refractivity contribution < 1.29 is 8.42 Å². The average Bonchev–Trinajstić information content (AvgIpc) is 3.06. The van der Waals surface area contributed by atoms with Crippen LogP contribution in [0.3, 0.4) is 0 Å². The first-order valence-electron chi connectivity index (χ1n) is 5.87. The van der Waals surface area contributed by atoms with Crippen molar-refractivity contribution in [3.63, 3.8) is 0 Å². The van der Waals surface area contributed by atoms with E-state index in [4.69, 9.17) is 11.6 Å². The number of benzene rings is 1. The van der Waals surface area contributed by atoms with Crippen LogP contribution in [0.4, 0.5) is 5.69 Å². The molecule has 0 amide bonds. The van der Waals surface area contributed by atoms with Crippen molar-refractivity contribution in [1.29, 1.82) is 0 Å². The van der Waals surface area contributed by atoms with E-state index < -0.39 is 10.0 Å². The van der Waals surface area contributed by atoms with Gasteiger partial charge in [-0.2, -0.15) is 0 Å². The highest BCUT2D eigenvalue weighted by molar-refractivity contribution is 7.94. The zero-order valence-corrected chi connectivity index (χ0v) is 12.4. The third kappa shape index (κ3) is 2.16. The highest BCUT2D eigenvalue weighted by Crippen LogP contribution is 2.34. The van der Waals surface area contributed by atoms with E-state index >= 15 is 0 Å². The zero-order valence-electron chi connectivity index (χ0n) is 10.0. The van der Waals surface area contributed by atoms with E-state index in [2.05, 4.69) is 0 Å². The molecule has 0 bridgehead atoms. The summed E-state index contributed by atoms with van der Waals surface area (Å²) in [4.78, 5) is 0. The van der Waals surface area contributed by atoms with E-state index in [9.17, 15) is 8.42 Å². The van der Waals surface area contributed by atoms with Crippen LogP contribution in [0.5, 0.6) is 0 Å². The molecule has 2 heterocycles. The van der Waals surface area contributed by atoms with Crippen molar-refractivity contribution >= 4 is 38.6 Å². The van der Waals surface area contributed by atoms with Gasteiger partial charge in [-0.25, -0.2) is 8.42 Å². The van der Waals surface area contributed by atoms with Crippen LogP contribution in [0.1, 0.15) is 11.1 Å². The highest BCUT2D eigenvalue weighted by Gasteiger charge is 2.31. The number of para-hydroxylation sites is 1. The molecule has 0 fully saturated rings. The van der Waals surface area contributed by atoms with Crippen molar-refractivity contribution in [3.05, 3.63) is 46.8 Å². The molecule has 0 saturated carbocycles. The van der Waals surface area contributed by atoms with Crippen molar-refractivity contribution in [2.45, 2.75) is 16.5 Å². The molecule has 1 aromatic carbocycles. The van der Waals surface area contributed by atoms with Crippen LogP contribution in [0, 0.1) is 0 Å². The van der Waals surface area contributed by atoms with Crippen LogP contribution >= 0.6 is 22.9 Å². The molecule has 0 spiro atoms. The summed E-state index contributed by atoms with van der Waals surface area (Å²) in [5, 5.41) is 1.79. The van der Waals surface area contributed by atoms with Crippen molar-refractivity contribution in [3.8, 4) is 0 Å². The summed E-state index contributed by atoms with van der Waals surface area (Å²) < 4.78 is 27.1. The molecule has 0 unspecified atom stereocenters. The molecule has 3 nitrogen and oxygen atoms in total. The summed E-state index contributed by atoms with van der Waals surface area (Å²) in [5.74, 6) is 0.336. The highest BCUT2D eigenvalue weighted by atomic mass is 35.5. The van der Waals surface area contributed by atoms with Crippen molar-refractivity contribution in [2.75, 3.05) is 10.8 Å². The van der Waals surface area contributed by atoms with E-state index in [1.165, 1.54) is 15.6 Å². The molecule has 100 valence electrons. The summed E-state index contributed by atoms with van der Waals surface area (Å²) in [7, 11) is -3.45. The molecule has 6 heteroatoms. The van der Waals surface area contributed by atoms with Gasteiger partial charge >= 0.3 is 0 Å². The SMILES string of the molecule is O=S(=O)(c1cc(CCl)cs1)N1CCc2ccccc21. The van der Waals surface area contributed by atoms with Crippen LogP contribution < -0.4 is 4.31 Å². The van der Waals surface area contributed by atoms with Crippen LogP contribution in [0.25, 0.3) is 0 Å². The Kier molecular flexibility index (Phi) is 3.28.